The first-order valence-electron chi connectivity index (χ1n) is 8.18. The number of rotatable bonds is 4. The van der Waals surface area contributed by atoms with Gasteiger partial charge in [0.15, 0.2) is 0 Å². The Hall–Kier alpha value is -2.59. The van der Waals surface area contributed by atoms with E-state index in [1.54, 1.807) is 17.5 Å². The van der Waals surface area contributed by atoms with Crippen molar-refractivity contribution < 1.29 is 36.2 Å². The number of hydrogen-bond donors (Lipinski definition) is 2. The first-order valence-corrected chi connectivity index (χ1v) is 9.06. The molecular formula is C19H13F6NO2S. The molecular weight excluding hydrogens is 420 g/mol. The van der Waals surface area contributed by atoms with Crippen LogP contribution in [-0.2, 0) is 12.4 Å². The van der Waals surface area contributed by atoms with Crippen LogP contribution in [0.2, 0.25) is 0 Å². The van der Waals surface area contributed by atoms with Crippen molar-refractivity contribution in [2.75, 3.05) is 6.54 Å². The molecule has 0 spiro atoms. The van der Waals surface area contributed by atoms with Gasteiger partial charge in [-0.25, -0.2) is 0 Å². The maximum Gasteiger partial charge on any atom is 0.416 e. The number of alkyl halides is 6. The number of benzene rings is 2. The Bertz CT molecular complexity index is 1010. The van der Waals surface area contributed by atoms with Gasteiger partial charge in [-0.3, -0.25) is 4.79 Å². The summed E-state index contributed by atoms with van der Waals surface area (Å²) in [6.45, 7) is -0.378. The molecule has 3 aromatic rings. The summed E-state index contributed by atoms with van der Waals surface area (Å²) in [5.41, 5.74) is -3.45. The van der Waals surface area contributed by atoms with Crippen molar-refractivity contribution in [3.8, 4) is 0 Å². The van der Waals surface area contributed by atoms with Crippen LogP contribution in [-0.4, -0.2) is 17.6 Å². The van der Waals surface area contributed by atoms with Crippen molar-refractivity contribution in [2.24, 2.45) is 0 Å². The zero-order chi connectivity index (χ0) is 21.4. The summed E-state index contributed by atoms with van der Waals surface area (Å²) in [6.07, 6.45) is -11.3. The Balaban J connectivity index is 1.81. The van der Waals surface area contributed by atoms with Crippen LogP contribution in [0.5, 0.6) is 0 Å². The topological polar surface area (TPSA) is 49.3 Å². The Kier molecular flexibility index (Phi) is 5.59. The minimum atomic E-state index is -5.05. The molecule has 0 radical (unpaired) electrons. The zero-order valence-corrected chi connectivity index (χ0v) is 15.3. The summed E-state index contributed by atoms with van der Waals surface area (Å²) in [5.74, 6) is -1.15. The van der Waals surface area contributed by atoms with Crippen molar-refractivity contribution in [1.82, 2.24) is 5.32 Å². The fourth-order valence-electron chi connectivity index (χ4n) is 2.74. The average molecular weight is 433 g/mol. The van der Waals surface area contributed by atoms with E-state index in [1.165, 1.54) is 11.3 Å². The van der Waals surface area contributed by atoms with Gasteiger partial charge in [0.1, 0.15) is 0 Å². The van der Waals surface area contributed by atoms with Crippen molar-refractivity contribution >= 4 is 27.3 Å². The lowest BCUT2D eigenvalue weighted by Gasteiger charge is -2.15. The Morgan fingerprint density at radius 3 is 2.17 bits per heavy atom. The molecule has 154 valence electrons. The third kappa shape index (κ3) is 4.70. The summed E-state index contributed by atoms with van der Waals surface area (Å²) in [6, 6.07) is 7.79. The van der Waals surface area contributed by atoms with Crippen LogP contribution in [0.3, 0.4) is 0 Å². The van der Waals surface area contributed by atoms with Crippen molar-refractivity contribution in [3.05, 3.63) is 70.1 Å². The highest BCUT2D eigenvalue weighted by Crippen LogP contribution is 2.36. The molecule has 2 N–H and O–H groups in total. The maximum atomic E-state index is 12.9. The van der Waals surface area contributed by atoms with E-state index in [9.17, 15) is 36.2 Å². The number of halogens is 6. The molecule has 0 aliphatic carbocycles. The van der Waals surface area contributed by atoms with Gasteiger partial charge in [0.25, 0.3) is 5.91 Å². The van der Waals surface area contributed by atoms with Crippen molar-refractivity contribution in [2.45, 2.75) is 18.5 Å². The molecule has 0 bridgehead atoms. The highest BCUT2D eigenvalue weighted by Gasteiger charge is 2.37. The maximum absolute atomic E-state index is 12.9. The molecule has 1 atom stereocenters. The summed E-state index contributed by atoms with van der Waals surface area (Å²) in [4.78, 5) is 12.2. The van der Waals surface area contributed by atoms with E-state index in [-0.39, 0.29) is 12.6 Å². The highest BCUT2D eigenvalue weighted by molar-refractivity contribution is 7.17. The van der Waals surface area contributed by atoms with Gasteiger partial charge in [0.2, 0.25) is 0 Å². The Morgan fingerprint density at radius 1 is 1.00 bits per heavy atom. The molecule has 0 saturated heterocycles. The molecule has 1 aromatic heterocycles. The van der Waals surface area contributed by atoms with Gasteiger partial charge in [0.05, 0.1) is 17.2 Å². The average Bonchev–Trinajstić information content (AvgIpc) is 3.08. The lowest BCUT2D eigenvalue weighted by Crippen LogP contribution is -2.29. The number of aliphatic hydroxyl groups excluding tert-OH is 1. The summed E-state index contributed by atoms with van der Waals surface area (Å²) in [5, 5.41) is 14.9. The second kappa shape index (κ2) is 7.68. The monoisotopic (exact) mass is 433 g/mol. The van der Waals surface area contributed by atoms with Gasteiger partial charge in [-0.2, -0.15) is 26.3 Å². The summed E-state index contributed by atoms with van der Waals surface area (Å²) < 4.78 is 78.3. The zero-order valence-electron chi connectivity index (χ0n) is 14.4. The smallest absolute Gasteiger partial charge is 0.387 e. The standard InChI is InChI=1S/C19H13F6NO2S/c20-18(21,22)11-5-10(6-12(7-11)19(23,24)25)17(28)26-8-15(27)14-9-29-16-4-2-1-3-13(14)16/h1-7,9,15,27H,8H2,(H,26,28). The molecule has 0 aliphatic rings. The van der Waals surface area contributed by atoms with Crippen LogP contribution in [0.1, 0.15) is 33.2 Å². The number of amides is 1. The number of nitrogens with one attached hydrogen (secondary N) is 1. The molecule has 0 fully saturated rings. The molecule has 1 heterocycles. The Morgan fingerprint density at radius 2 is 1.59 bits per heavy atom. The normalized spacial score (nSPS) is 13.5. The molecule has 3 rings (SSSR count). The van der Waals surface area contributed by atoms with Gasteiger partial charge in [0, 0.05) is 22.4 Å². The quantitative estimate of drug-likeness (QED) is 0.541. The largest absolute Gasteiger partial charge is 0.416 e. The van der Waals surface area contributed by atoms with Crippen LogP contribution in [0, 0.1) is 0 Å². The summed E-state index contributed by atoms with van der Waals surface area (Å²) >= 11 is 1.36. The van der Waals surface area contributed by atoms with Gasteiger partial charge in [-0.15, -0.1) is 11.3 Å². The fourth-order valence-corrected chi connectivity index (χ4v) is 3.75. The Labute approximate surface area is 164 Å². The SMILES string of the molecule is O=C(NCC(O)c1csc2ccccc12)c1cc(C(F)(F)F)cc(C(F)(F)F)c1. The minimum absolute atomic E-state index is 0.0525. The second-order valence-corrected chi connectivity index (χ2v) is 7.12. The van der Waals surface area contributed by atoms with Gasteiger partial charge in [-0.1, -0.05) is 18.2 Å². The van der Waals surface area contributed by atoms with Crippen LogP contribution < -0.4 is 5.32 Å². The molecule has 1 amide bonds. The van der Waals surface area contributed by atoms with Gasteiger partial charge >= 0.3 is 12.4 Å². The second-order valence-electron chi connectivity index (χ2n) is 6.21. The number of carbonyl (C=O) groups is 1. The predicted octanol–water partition coefficient (Wildman–Crippen LogP) is 5.40. The molecule has 0 saturated carbocycles. The van der Waals surface area contributed by atoms with E-state index in [0.29, 0.717) is 17.7 Å². The molecule has 1 unspecified atom stereocenters. The number of thiophene rings is 1. The number of carbonyl (C=O) groups excluding carboxylic acids is 1. The number of fused-ring (bicyclic) bond motifs is 1. The van der Waals surface area contributed by atoms with E-state index in [2.05, 4.69) is 5.32 Å². The molecule has 0 aliphatic heterocycles. The van der Waals surface area contributed by atoms with Crippen LogP contribution in [0.15, 0.2) is 47.8 Å². The fraction of sp³-hybridized carbons (Fsp3) is 0.211. The van der Waals surface area contributed by atoms with E-state index in [0.717, 1.165) is 10.1 Å². The third-order valence-corrected chi connectivity index (χ3v) is 5.16. The molecule has 3 nitrogen and oxygen atoms in total. The van der Waals surface area contributed by atoms with E-state index >= 15 is 0 Å². The van der Waals surface area contributed by atoms with Gasteiger partial charge < -0.3 is 10.4 Å². The third-order valence-electron chi connectivity index (χ3n) is 4.18. The number of aliphatic hydroxyl groups is 1. The lowest BCUT2D eigenvalue weighted by molar-refractivity contribution is -0.143. The van der Waals surface area contributed by atoms with Crippen LogP contribution in [0.25, 0.3) is 10.1 Å². The van der Waals surface area contributed by atoms with E-state index < -0.39 is 41.1 Å². The van der Waals surface area contributed by atoms with E-state index in [4.69, 9.17) is 0 Å². The minimum Gasteiger partial charge on any atom is -0.387 e. The van der Waals surface area contributed by atoms with Gasteiger partial charge in [-0.05, 0) is 35.0 Å². The van der Waals surface area contributed by atoms with Crippen molar-refractivity contribution in [3.63, 3.8) is 0 Å². The number of hydrogen-bond acceptors (Lipinski definition) is 3. The predicted molar refractivity (Wildman–Crippen MR) is 95.6 cm³/mol. The summed E-state index contributed by atoms with van der Waals surface area (Å²) in [7, 11) is 0. The first-order chi connectivity index (χ1) is 13.5. The van der Waals surface area contributed by atoms with E-state index in [1.807, 2.05) is 12.1 Å². The molecule has 29 heavy (non-hydrogen) atoms. The molecule has 10 heteroatoms. The lowest BCUT2D eigenvalue weighted by atomic mass is 10.0. The van der Waals surface area contributed by atoms with Crippen LogP contribution >= 0.6 is 11.3 Å². The molecule has 2 aromatic carbocycles. The van der Waals surface area contributed by atoms with Crippen LogP contribution in [0.4, 0.5) is 26.3 Å². The van der Waals surface area contributed by atoms with Crippen molar-refractivity contribution in [1.29, 1.82) is 0 Å². The highest BCUT2D eigenvalue weighted by atomic mass is 32.1. The first kappa shape index (κ1) is 21.1.